The highest BCUT2D eigenvalue weighted by Gasteiger charge is 2.24. The normalized spacial score (nSPS) is 15.6. The summed E-state index contributed by atoms with van der Waals surface area (Å²) in [7, 11) is 0. The lowest BCUT2D eigenvalue weighted by Crippen LogP contribution is -2.24. The first kappa shape index (κ1) is 19.5. The smallest absolute Gasteiger partial charge is 0.255 e. The van der Waals surface area contributed by atoms with Crippen LogP contribution in [0.5, 0.6) is 0 Å². The fraction of sp³-hybridized carbons (Fsp3) is 0.192. The van der Waals surface area contributed by atoms with Crippen molar-refractivity contribution in [2.75, 3.05) is 5.32 Å². The number of H-pyrrole nitrogens is 1. The first-order valence-corrected chi connectivity index (χ1v) is 10.7. The van der Waals surface area contributed by atoms with Gasteiger partial charge in [-0.2, -0.15) is 0 Å². The summed E-state index contributed by atoms with van der Waals surface area (Å²) in [5, 5.41) is 7.68. The first-order valence-electron chi connectivity index (χ1n) is 10.7. The second-order valence-electron chi connectivity index (χ2n) is 8.05. The van der Waals surface area contributed by atoms with Crippen molar-refractivity contribution in [3.63, 3.8) is 0 Å². The molecule has 0 spiro atoms. The zero-order valence-corrected chi connectivity index (χ0v) is 17.1. The van der Waals surface area contributed by atoms with Gasteiger partial charge in [0.25, 0.3) is 5.91 Å². The van der Waals surface area contributed by atoms with E-state index >= 15 is 0 Å². The summed E-state index contributed by atoms with van der Waals surface area (Å²) < 4.78 is 13.2. The largest absolute Gasteiger partial charge is 0.357 e. The molecule has 4 nitrogen and oxygen atoms in total. The number of anilines is 1. The molecule has 4 aromatic rings. The van der Waals surface area contributed by atoms with Gasteiger partial charge in [0.15, 0.2) is 0 Å². The van der Waals surface area contributed by atoms with Gasteiger partial charge in [0, 0.05) is 40.4 Å². The predicted molar refractivity (Wildman–Crippen MR) is 122 cm³/mol. The van der Waals surface area contributed by atoms with Gasteiger partial charge in [0.1, 0.15) is 5.82 Å². The second kappa shape index (κ2) is 8.36. The van der Waals surface area contributed by atoms with Crippen molar-refractivity contribution in [2.45, 2.75) is 31.8 Å². The number of aryl methyl sites for hydroxylation is 1. The van der Waals surface area contributed by atoms with E-state index in [0.717, 1.165) is 41.4 Å². The number of para-hydroxylation sites is 1. The number of carbonyl (C=O) groups excluding carboxylic acids is 1. The van der Waals surface area contributed by atoms with Gasteiger partial charge in [0.2, 0.25) is 0 Å². The maximum atomic E-state index is 13.2. The molecule has 0 bridgehead atoms. The molecule has 3 N–H and O–H groups in total. The number of benzene rings is 3. The van der Waals surface area contributed by atoms with Crippen LogP contribution in [0.4, 0.5) is 10.1 Å². The minimum Gasteiger partial charge on any atom is -0.357 e. The van der Waals surface area contributed by atoms with Crippen LogP contribution in [0.1, 0.15) is 46.1 Å². The Morgan fingerprint density at radius 2 is 1.84 bits per heavy atom. The standard InChI is InChI=1S/C26H24FN3O/c27-19-12-9-17(10-13-19)16-28-24-8-4-7-21-22-15-18(11-14-23(22)30-25(21)24)26(31)29-20-5-2-1-3-6-20/h1-3,5-6,9-15,24,28,30H,4,7-8,16H2,(H,29,31). The maximum absolute atomic E-state index is 13.2. The minimum absolute atomic E-state index is 0.107. The van der Waals surface area contributed by atoms with Crippen molar-refractivity contribution in [1.29, 1.82) is 0 Å². The minimum atomic E-state index is -0.216. The third-order valence-corrected chi connectivity index (χ3v) is 5.97. The Morgan fingerprint density at radius 3 is 2.65 bits per heavy atom. The molecule has 1 heterocycles. The van der Waals surface area contributed by atoms with Gasteiger partial charge >= 0.3 is 0 Å². The van der Waals surface area contributed by atoms with Crippen LogP contribution >= 0.6 is 0 Å². The number of halogens is 1. The van der Waals surface area contributed by atoms with E-state index in [1.54, 1.807) is 0 Å². The van der Waals surface area contributed by atoms with Crippen LogP contribution in [0.2, 0.25) is 0 Å². The zero-order valence-electron chi connectivity index (χ0n) is 17.1. The molecule has 1 aromatic heterocycles. The van der Waals surface area contributed by atoms with E-state index in [1.807, 2.05) is 60.7 Å². The molecule has 1 amide bonds. The Bertz CT molecular complexity index is 1210. The predicted octanol–water partition coefficient (Wildman–Crippen LogP) is 5.73. The molecular weight excluding hydrogens is 389 g/mol. The van der Waals surface area contributed by atoms with E-state index in [2.05, 4.69) is 15.6 Å². The Hall–Kier alpha value is -3.44. The van der Waals surface area contributed by atoms with Gasteiger partial charge < -0.3 is 15.6 Å². The highest BCUT2D eigenvalue weighted by Crippen LogP contribution is 2.35. The SMILES string of the molecule is O=C(Nc1ccccc1)c1ccc2[nH]c3c(c2c1)CCCC3NCc1ccc(F)cc1. The van der Waals surface area contributed by atoms with Gasteiger partial charge in [0.05, 0.1) is 0 Å². The number of hydrogen-bond acceptors (Lipinski definition) is 2. The Morgan fingerprint density at radius 1 is 1.03 bits per heavy atom. The molecule has 0 radical (unpaired) electrons. The number of fused-ring (bicyclic) bond motifs is 3. The third kappa shape index (κ3) is 4.09. The summed E-state index contributed by atoms with van der Waals surface area (Å²) >= 11 is 0. The second-order valence-corrected chi connectivity index (χ2v) is 8.05. The van der Waals surface area contributed by atoms with Crippen molar-refractivity contribution in [1.82, 2.24) is 10.3 Å². The molecule has 31 heavy (non-hydrogen) atoms. The molecule has 1 aliphatic rings. The molecule has 1 aliphatic carbocycles. The molecular formula is C26H24FN3O. The highest BCUT2D eigenvalue weighted by molar-refractivity contribution is 6.06. The van der Waals surface area contributed by atoms with Gasteiger partial charge in [-0.1, -0.05) is 30.3 Å². The summed E-state index contributed by atoms with van der Waals surface area (Å²) in [5.74, 6) is -0.323. The summed E-state index contributed by atoms with van der Waals surface area (Å²) in [6, 6.07) is 22.2. The number of hydrogen-bond donors (Lipinski definition) is 3. The van der Waals surface area contributed by atoms with Crippen molar-refractivity contribution in [3.8, 4) is 0 Å². The molecule has 0 saturated carbocycles. The van der Waals surface area contributed by atoms with Crippen LogP contribution in [0.3, 0.4) is 0 Å². The van der Waals surface area contributed by atoms with E-state index in [-0.39, 0.29) is 17.8 Å². The number of carbonyl (C=O) groups is 1. The lowest BCUT2D eigenvalue weighted by Gasteiger charge is -2.24. The van der Waals surface area contributed by atoms with Crippen molar-refractivity contribution in [3.05, 3.63) is 101 Å². The topological polar surface area (TPSA) is 56.9 Å². The molecule has 5 rings (SSSR count). The molecule has 3 aromatic carbocycles. The lowest BCUT2D eigenvalue weighted by molar-refractivity contribution is 0.102. The van der Waals surface area contributed by atoms with E-state index in [4.69, 9.17) is 0 Å². The molecule has 1 atom stereocenters. The monoisotopic (exact) mass is 413 g/mol. The van der Waals surface area contributed by atoms with Gasteiger partial charge in [-0.15, -0.1) is 0 Å². The van der Waals surface area contributed by atoms with Crippen molar-refractivity contribution >= 4 is 22.5 Å². The van der Waals surface area contributed by atoms with Crippen molar-refractivity contribution < 1.29 is 9.18 Å². The molecule has 0 aliphatic heterocycles. The molecule has 0 saturated heterocycles. The summed E-state index contributed by atoms with van der Waals surface area (Å²) in [5.41, 5.74) is 6.03. The molecule has 0 fully saturated rings. The molecule has 5 heteroatoms. The Labute approximate surface area is 180 Å². The van der Waals surface area contributed by atoms with Crippen LogP contribution in [0.15, 0.2) is 72.8 Å². The van der Waals surface area contributed by atoms with Gasteiger partial charge in [-0.3, -0.25) is 4.79 Å². The quantitative estimate of drug-likeness (QED) is 0.392. The lowest BCUT2D eigenvalue weighted by atomic mass is 9.91. The van der Waals surface area contributed by atoms with Crippen LogP contribution in [0, 0.1) is 5.82 Å². The van der Waals surface area contributed by atoms with E-state index in [1.165, 1.54) is 23.4 Å². The van der Waals surface area contributed by atoms with Crippen LogP contribution in [-0.2, 0) is 13.0 Å². The average Bonchev–Trinajstić information content (AvgIpc) is 3.18. The highest BCUT2D eigenvalue weighted by atomic mass is 19.1. The number of aromatic amines is 1. The van der Waals surface area contributed by atoms with Gasteiger partial charge in [-0.25, -0.2) is 4.39 Å². The fourth-order valence-corrected chi connectivity index (χ4v) is 4.38. The average molecular weight is 413 g/mol. The van der Waals surface area contributed by atoms with E-state index in [9.17, 15) is 9.18 Å². The summed E-state index contributed by atoms with van der Waals surface area (Å²) in [6.45, 7) is 0.685. The third-order valence-electron chi connectivity index (χ3n) is 5.97. The van der Waals surface area contributed by atoms with E-state index < -0.39 is 0 Å². The van der Waals surface area contributed by atoms with Gasteiger partial charge in [-0.05, 0) is 72.9 Å². The van der Waals surface area contributed by atoms with Crippen LogP contribution in [-0.4, -0.2) is 10.9 Å². The zero-order chi connectivity index (χ0) is 21.2. The fourth-order valence-electron chi connectivity index (χ4n) is 4.38. The maximum Gasteiger partial charge on any atom is 0.255 e. The number of aromatic nitrogens is 1. The molecule has 156 valence electrons. The Kier molecular flexibility index (Phi) is 5.26. The summed E-state index contributed by atoms with van der Waals surface area (Å²) in [6.07, 6.45) is 3.12. The summed E-state index contributed by atoms with van der Waals surface area (Å²) in [4.78, 5) is 16.3. The number of nitrogens with one attached hydrogen (secondary N) is 3. The van der Waals surface area contributed by atoms with Crippen LogP contribution in [0.25, 0.3) is 10.9 Å². The molecule has 1 unspecified atom stereocenters. The van der Waals surface area contributed by atoms with E-state index in [0.29, 0.717) is 12.1 Å². The Balaban J connectivity index is 1.38. The number of rotatable bonds is 5. The van der Waals surface area contributed by atoms with Crippen molar-refractivity contribution in [2.24, 2.45) is 0 Å². The first-order chi connectivity index (χ1) is 15.2. The number of amides is 1. The van der Waals surface area contributed by atoms with Crippen LogP contribution < -0.4 is 10.6 Å².